The van der Waals surface area contributed by atoms with Crippen molar-refractivity contribution in [3.8, 4) is 5.75 Å². The molecule has 2 aromatic rings. The van der Waals surface area contributed by atoms with Gasteiger partial charge in [-0.2, -0.15) is 12.6 Å². The zero-order chi connectivity index (χ0) is 12.3. The van der Waals surface area contributed by atoms with Gasteiger partial charge in [-0.05, 0) is 41.6 Å². The van der Waals surface area contributed by atoms with Gasteiger partial charge < -0.3 is 10.1 Å². The number of nitrogens with one attached hydrogen (secondary N) is 1. The number of rotatable bonds is 4. The molecule has 0 amide bonds. The molecule has 0 heterocycles. The van der Waals surface area contributed by atoms with E-state index in [-0.39, 0.29) is 0 Å². The van der Waals surface area contributed by atoms with Crippen molar-refractivity contribution in [3.05, 3.63) is 42.0 Å². The summed E-state index contributed by atoms with van der Waals surface area (Å²) >= 11 is 4.35. The molecule has 17 heavy (non-hydrogen) atoms. The predicted molar refractivity (Wildman–Crippen MR) is 76.2 cm³/mol. The molecule has 2 rings (SSSR count). The van der Waals surface area contributed by atoms with Crippen LogP contribution in [0.5, 0.6) is 5.75 Å². The van der Waals surface area contributed by atoms with Gasteiger partial charge in [0.15, 0.2) is 0 Å². The fourth-order valence-electron chi connectivity index (χ4n) is 1.95. The number of methoxy groups -OCH3 is 1. The minimum atomic E-state index is 0.296. The number of thiol groups is 1. The Morgan fingerprint density at radius 1 is 1.18 bits per heavy atom. The van der Waals surface area contributed by atoms with Crippen LogP contribution in [-0.4, -0.2) is 19.9 Å². The minimum Gasteiger partial charge on any atom is -0.497 e. The smallest absolute Gasteiger partial charge is 0.119 e. The molecule has 1 unspecified atom stereocenters. The summed E-state index contributed by atoms with van der Waals surface area (Å²) in [6, 6.07) is 12.9. The first-order valence-electron chi connectivity index (χ1n) is 5.64. The lowest BCUT2D eigenvalue weighted by molar-refractivity contribution is 0.415. The van der Waals surface area contributed by atoms with Gasteiger partial charge in [-0.25, -0.2) is 0 Å². The number of benzene rings is 2. The Morgan fingerprint density at radius 3 is 2.53 bits per heavy atom. The lowest BCUT2D eigenvalue weighted by Crippen LogP contribution is -2.17. The molecular formula is C14H17NOS. The number of hydrogen-bond donors (Lipinski definition) is 2. The average Bonchev–Trinajstić information content (AvgIpc) is 2.39. The predicted octanol–water partition coefficient (Wildman–Crippen LogP) is 3.04. The third kappa shape index (κ3) is 2.56. The topological polar surface area (TPSA) is 21.3 Å². The second-order valence-corrected chi connectivity index (χ2v) is 4.36. The fourth-order valence-corrected chi connectivity index (χ4v) is 2.34. The Bertz CT molecular complexity index is 509. The maximum Gasteiger partial charge on any atom is 0.119 e. The normalized spacial score (nSPS) is 12.6. The van der Waals surface area contributed by atoms with Crippen molar-refractivity contribution in [3.63, 3.8) is 0 Å². The van der Waals surface area contributed by atoms with Crippen LogP contribution in [0.2, 0.25) is 0 Å². The molecule has 0 aliphatic carbocycles. The van der Waals surface area contributed by atoms with E-state index in [1.807, 2.05) is 19.2 Å². The molecule has 0 aliphatic rings. The zero-order valence-electron chi connectivity index (χ0n) is 10.1. The second kappa shape index (κ2) is 5.43. The van der Waals surface area contributed by atoms with E-state index in [0.717, 1.165) is 11.5 Å². The van der Waals surface area contributed by atoms with Gasteiger partial charge in [0, 0.05) is 11.8 Å². The molecule has 0 bridgehead atoms. The van der Waals surface area contributed by atoms with E-state index in [2.05, 4.69) is 42.2 Å². The maximum absolute atomic E-state index is 5.22. The van der Waals surface area contributed by atoms with Gasteiger partial charge in [0.1, 0.15) is 5.75 Å². The number of fused-ring (bicyclic) bond motifs is 1. The Labute approximate surface area is 107 Å². The largest absolute Gasteiger partial charge is 0.497 e. The van der Waals surface area contributed by atoms with E-state index in [4.69, 9.17) is 4.74 Å². The average molecular weight is 247 g/mol. The summed E-state index contributed by atoms with van der Waals surface area (Å²) in [7, 11) is 3.65. The lowest BCUT2D eigenvalue weighted by atomic mass is 10.0. The monoisotopic (exact) mass is 247 g/mol. The minimum absolute atomic E-state index is 0.296. The van der Waals surface area contributed by atoms with Gasteiger partial charge in [-0.15, -0.1) is 0 Å². The van der Waals surface area contributed by atoms with E-state index in [1.165, 1.54) is 16.3 Å². The molecule has 0 fully saturated rings. The van der Waals surface area contributed by atoms with Gasteiger partial charge >= 0.3 is 0 Å². The molecule has 1 atom stereocenters. The first-order chi connectivity index (χ1) is 8.28. The highest BCUT2D eigenvalue weighted by atomic mass is 32.1. The molecular weight excluding hydrogens is 230 g/mol. The summed E-state index contributed by atoms with van der Waals surface area (Å²) in [5, 5.41) is 5.68. The summed E-state index contributed by atoms with van der Waals surface area (Å²) < 4.78 is 5.22. The summed E-state index contributed by atoms with van der Waals surface area (Å²) in [6.45, 7) is 0. The van der Waals surface area contributed by atoms with Gasteiger partial charge in [0.2, 0.25) is 0 Å². The summed E-state index contributed by atoms with van der Waals surface area (Å²) in [6.07, 6.45) is 0. The Balaban J connectivity index is 2.44. The van der Waals surface area contributed by atoms with Crippen LogP contribution >= 0.6 is 12.6 Å². The molecule has 0 radical (unpaired) electrons. The molecule has 3 heteroatoms. The third-order valence-electron chi connectivity index (χ3n) is 3.00. The summed E-state index contributed by atoms with van der Waals surface area (Å²) in [5.74, 6) is 1.68. The van der Waals surface area contributed by atoms with Crippen LogP contribution in [0.1, 0.15) is 11.6 Å². The fraction of sp³-hybridized carbons (Fsp3) is 0.286. The van der Waals surface area contributed by atoms with E-state index >= 15 is 0 Å². The third-order valence-corrected chi connectivity index (χ3v) is 3.37. The lowest BCUT2D eigenvalue weighted by Gasteiger charge is -2.14. The van der Waals surface area contributed by atoms with Gasteiger partial charge in [-0.1, -0.05) is 18.2 Å². The molecule has 0 saturated carbocycles. The van der Waals surface area contributed by atoms with Crippen molar-refractivity contribution >= 4 is 23.4 Å². The SMILES string of the molecule is CNC(CS)c1ccc2cc(OC)ccc2c1. The van der Waals surface area contributed by atoms with Gasteiger partial charge in [0.25, 0.3) is 0 Å². The number of hydrogen-bond acceptors (Lipinski definition) is 3. The molecule has 0 aliphatic heterocycles. The zero-order valence-corrected chi connectivity index (χ0v) is 11.0. The molecule has 2 nitrogen and oxygen atoms in total. The first-order valence-corrected chi connectivity index (χ1v) is 6.27. The van der Waals surface area contributed by atoms with Crippen molar-refractivity contribution in [1.29, 1.82) is 0 Å². The Hall–Kier alpha value is -1.19. The highest BCUT2D eigenvalue weighted by Gasteiger charge is 2.07. The summed E-state index contributed by atoms with van der Waals surface area (Å²) in [5.41, 5.74) is 1.26. The number of ether oxygens (including phenoxy) is 1. The van der Waals surface area contributed by atoms with Crippen LogP contribution in [-0.2, 0) is 0 Å². The van der Waals surface area contributed by atoms with Crippen molar-refractivity contribution in [1.82, 2.24) is 5.32 Å². The van der Waals surface area contributed by atoms with Gasteiger partial charge in [0.05, 0.1) is 7.11 Å². The van der Waals surface area contributed by atoms with Crippen LogP contribution in [0.15, 0.2) is 36.4 Å². The van der Waals surface area contributed by atoms with Crippen molar-refractivity contribution < 1.29 is 4.74 Å². The molecule has 1 N–H and O–H groups in total. The van der Waals surface area contributed by atoms with Crippen LogP contribution in [0.4, 0.5) is 0 Å². The Kier molecular flexibility index (Phi) is 3.92. The molecule has 0 aromatic heterocycles. The summed E-state index contributed by atoms with van der Waals surface area (Å²) in [4.78, 5) is 0. The van der Waals surface area contributed by atoms with Crippen LogP contribution in [0.25, 0.3) is 10.8 Å². The Morgan fingerprint density at radius 2 is 1.88 bits per heavy atom. The van der Waals surface area contributed by atoms with Crippen LogP contribution in [0, 0.1) is 0 Å². The second-order valence-electron chi connectivity index (χ2n) is 4.00. The molecule has 0 spiro atoms. The van der Waals surface area contributed by atoms with Crippen molar-refractivity contribution in [2.24, 2.45) is 0 Å². The molecule has 90 valence electrons. The van der Waals surface area contributed by atoms with E-state index in [0.29, 0.717) is 6.04 Å². The van der Waals surface area contributed by atoms with Crippen molar-refractivity contribution in [2.75, 3.05) is 19.9 Å². The van der Waals surface area contributed by atoms with Crippen molar-refractivity contribution in [2.45, 2.75) is 6.04 Å². The standard InChI is InChI=1S/C14H17NOS/c1-15-14(9-17)12-4-3-11-8-13(16-2)6-5-10(11)7-12/h3-8,14-15,17H,9H2,1-2H3. The van der Waals surface area contributed by atoms with E-state index in [1.54, 1.807) is 7.11 Å². The molecule has 2 aromatic carbocycles. The molecule has 0 saturated heterocycles. The quantitative estimate of drug-likeness (QED) is 0.810. The maximum atomic E-state index is 5.22. The highest BCUT2D eigenvalue weighted by molar-refractivity contribution is 7.80. The highest BCUT2D eigenvalue weighted by Crippen LogP contribution is 2.24. The first kappa shape index (κ1) is 12.3. The van der Waals surface area contributed by atoms with Crippen LogP contribution in [0.3, 0.4) is 0 Å². The van der Waals surface area contributed by atoms with Gasteiger partial charge in [-0.3, -0.25) is 0 Å². The van der Waals surface area contributed by atoms with Crippen LogP contribution < -0.4 is 10.1 Å². The van der Waals surface area contributed by atoms with E-state index in [9.17, 15) is 0 Å². The van der Waals surface area contributed by atoms with E-state index < -0.39 is 0 Å².